The number of carbonyl (C=O) groups excluding carboxylic acids is 1. The molecule has 1 N–H and O–H groups in total. The van der Waals surface area contributed by atoms with E-state index in [0.29, 0.717) is 18.9 Å². The van der Waals surface area contributed by atoms with Gasteiger partial charge in [-0.2, -0.15) is 0 Å². The zero-order valence-corrected chi connectivity index (χ0v) is 12.2. The van der Waals surface area contributed by atoms with Crippen LogP contribution in [-0.2, 0) is 11.2 Å². The largest absolute Gasteiger partial charge is 0.494 e. The summed E-state index contributed by atoms with van der Waals surface area (Å²) < 4.78 is 5.37. The molecule has 1 amide bonds. The third-order valence-electron chi connectivity index (χ3n) is 3.34. The van der Waals surface area contributed by atoms with Crippen LogP contribution in [0.5, 0.6) is 5.75 Å². The van der Waals surface area contributed by atoms with Gasteiger partial charge in [0, 0.05) is 6.54 Å². The maximum atomic E-state index is 11.8. The first kappa shape index (κ1) is 15.5. The van der Waals surface area contributed by atoms with E-state index in [2.05, 4.69) is 19.2 Å². The van der Waals surface area contributed by atoms with Crippen molar-refractivity contribution in [2.24, 2.45) is 5.92 Å². The first-order chi connectivity index (χ1) is 9.19. The number of hydrogen-bond acceptors (Lipinski definition) is 2. The summed E-state index contributed by atoms with van der Waals surface area (Å²) in [7, 11) is 0. The molecule has 106 valence electrons. The van der Waals surface area contributed by atoms with Gasteiger partial charge in [-0.05, 0) is 30.5 Å². The smallest absolute Gasteiger partial charge is 0.224 e. The molecule has 1 aromatic rings. The standard InChI is InChI=1S/C16H25NO2/c1-4-13(5-2)12-17-16(18)11-14-7-9-15(10-8-14)19-6-3/h7-10,13H,4-6,11-12H2,1-3H3,(H,17,18). The summed E-state index contributed by atoms with van der Waals surface area (Å²) in [5.41, 5.74) is 1.02. The van der Waals surface area contributed by atoms with Crippen LogP contribution in [0.3, 0.4) is 0 Å². The molecular weight excluding hydrogens is 238 g/mol. The third kappa shape index (κ3) is 5.77. The number of rotatable bonds is 8. The Morgan fingerprint density at radius 1 is 1.16 bits per heavy atom. The number of ether oxygens (including phenoxy) is 1. The van der Waals surface area contributed by atoms with Crippen molar-refractivity contribution < 1.29 is 9.53 Å². The zero-order chi connectivity index (χ0) is 14.1. The van der Waals surface area contributed by atoms with Gasteiger partial charge in [-0.1, -0.05) is 38.8 Å². The molecular formula is C16H25NO2. The minimum atomic E-state index is 0.0936. The molecule has 0 atom stereocenters. The second kappa shape index (κ2) is 8.57. The van der Waals surface area contributed by atoms with E-state index in [1.165, 1.54) is 0 Å². The van der Waals surface area contributed by atoms with Crippen molar-refractivity contribution in [3.8, 4) is 5.75 Å². The second-order valence-electron chi connectivity index (χ2n) is 4.74. The lowest BCUT2D eigenvalue weighted by molar-refractivity contribution is -0.120. The summed E-state index contributed by atoms with van der Waals surface area (Å²) in [6, 6.07) is 7.71. The topological polar surface area (TPSA) is 38.3 Å². The lowest BCUT2D eigenvalue weighted by Crippen LogP contribution is -2.30. The van der Waals surface area contributed by atoms with E-state index < -0.39 is 0 Å². The summed E-state index contributed by atoms with van der Waals surface area (Å²) in [4.78, 5) is 11.8. The number of nitrogens with one attached hydrogen (secondary N) is 1. The van der Waals surface area contributed by atoms with Crippen LogP contribution in [0.1, 0.15) is 39.2 Å². The van der Waals surface area contributed by atoms with Crippen molar-refractivity contribution in [3.63, 3.8) is 0 Å². The van der Waals surface area contributed by atoms with E-state index >= 15 is 0 Å². The van der Waals surface area contributed by atoms with Crippen molar-refractivity contribution in [2.75, 3.05) is 13.2 Å². The number of amides is 1. The Balaban J connectivity index is 2.39. The lowest BCUT2D eigenvalue weighted by atomic mass is 10.0. The minimum Gasteiger partial charge on any atom is -0.494 e. The van der Waals surface area contributed by atoms with Crippen molar-refractivity contribution in [2.45, 2.75) is 40.0 Å². The molecule has 3 nitrogen and oxygen atoms in total. The van der Waals surface area contributed by atoms with Crippen LogP contribution in [0.15, 0.2) is 24.3 Å². The number of benzene rings is 1. The van der Waals surface area contributed by atoms with Gasteiger partial charge in [0.15, 0.2) is 0 Å². The van der Waals surface area contributed by atoms with Gasteiger partial charge in [0.25, 0.3) is 0 Å². The highest BCUT2D eigenvalue weighted by atomic mass is 16.5. The summed E-state index contributed by atoms with van der Waals surface area (Å²) in [5, 5.41) is 3.00. The van der Waals surface area contributed by atoms with Gasteiger partial charge in [0.1, 0.15) is 5.75 Å². The van der Waals surface area contributed by atoms with Crippen LogP contribution in [0.2, 0.25) is 0 Å². The van der Waals surface area contributed by atoms with E-state index in [1.807, 2.05) is 31.2 Å². The molecule has 0 heterocycles. The first-order valence-corrected chi connectivity index (χ1v) is 7.18. The van der Waals surface area contributed by atoms with E-state index in [0.717, 1.165) is 30.7 Å². The lowest BCUT2D eigenvalue weighted by Gasteiger charge is -2.13. The monoisotopic (exact) mass is 263 g/mol. The fraction of sp³-hybridized carbons (Fsp3) is 0.562. The van der Waals surface area contributed by atoms with Crippen molar-refractivity contribution in [1.82, 2.24) is 5.32 Å². The van der Waals surface area contributed by atoms with E-state index in [-0.39, 0.29) is 5.91 Å². The van der Waals surface area contributed by atoms with Gasteiger partial charge in [0.05, 0.1) is 13.0 Å². The molecule has 0 fully saturated rings. The first-order valence-electron chi connectivity index (χ1n) is 7.18. The van der Waals surface area contributed by atoms with Gasteiger partial charge in [-0.3, -0.25) is 4.79 Å². The Labute approximate surface area is 116 Å². The molecule has 0 aliphatic rings. The quantitative estimate of drug-likeness (QED) is 0.782. The minimum absolute atomic E-state index is 0.0936. The fourth-order valence-corrected chi connectivity index (χ4v) is 1.95. The Hall–Kier alpha value is -1.51. The molecule has 0 radical (unpaired) electrons. The van der Waals surface area contributed by atoms with Crippen LogP contribution in [0.4, 0.5) is 0 Å². The van der Waals surface area contributed by atoms with Gasteiger partial charge in [-0.25, -0.2) is 0 Å². The van der Waals surface area contributed by atoms with Crippen LogP contribution in [-0.4, -0.2) is 19.1 Å². The Morgan fingerprint density at radius 3 is 2.32 bits per heavy atom. The second-order valence-corrected chi connectivity index (χ2v) is 4.74. The molecule has 1 rings (SSSR count). The van der Waals surface area contributed by atoms with Crippen LogP contribution >= 0.6 is 0 Å². The van der Waals surface area contributed by atoms with E-state index in [4.69, 9.17) is 4.74 Å². The van der Waals surface area contributed by atoms with E-state index in [1.54, 1.807) is 0 Å². The zero-order valence-electron chi connectivity index (χ0n) is 12.2. The molecule has 19 heavy (non-hydrogen) atoms. The molecule has 0 aliphatic heterocycles. The van der Waals surface area contributed by atoms with Crippen LogP contribution in [0, 0.1) is 5.92 Å². The highest BCUT2D eigenvalue weighted by Crippen LogP contribution is 2.12. The van der Waals surface area contributed by atoms with Crippen molar-refractivity contribution >= 4 is 5.91 Å². The molecule has 0 bridgehead atoms. The third-order valence-corrected chi connectivity index (χ3v) is 3.34. The highest BCUT2D eigenvalue weighted by Gasteiger charge is 2.07. The predicted octanol–water partition coefficient (Wildman–Crippen LogP) is 3.18. The summed E-state index contributed by atoms with van der Waals surface area (Å²) >= 11 is 0. The molecule has 0 saturated carbocycles. The predicted molar refractivity (Wildman–Crippen MR) is 78.4 cm³/mol. The van der Waals surface area contributed by atoms with Crippen LogP contribution in [0.25, 0.3) is 0 Å². The molecule has 0 unspecified atom stereocenters. The SMILES string of the molecule is CCOc1ccc(CC(=O)NCC(CC)CC)cc1. The van der Waals surface area contributed by atoms with Gasteiger partial charge < -0.3 is 10.1 Å². The number of carbonyl (C=O) groups is 1. The summed E-state index contributed by atoms with van der Waals surface area (Å²) in [6.07, 6.45) is 2.66. The van der Waals surface area contributed by atoms with Crippen molar-refractivity contribution in [3.05, 3.63) is 29.8 Å². The molecule has 0 spiro atoms. The fourth-order valence-electron chi connectivity index (χ4n) is 1.95. The number of hydrogen-bond donors (Lipinski definition) is 1. The molecule has 0 aromatic heterocycles. The van der Waals surface area contributed by atoms with Gasteiger partial charge >= 0.3 is 0 Å². The molecule has 3 heteroatoms. The normalized spacial score (nSPS) is 10.5. The average molecular weight is 263 g/mol. The highest BCUT2D eigenvalue weighted by molar-refractivity contribution is 5.78. The molecule has 1 aromatic carbocycles. The Kier molecular flexibility index (Phi) is 7.01. The Bertz CT molecular complexity index is 369. The van der Waals surface area contributed by atoms with Crippen LogP contribution < -0.4 is 10.1 Å². The summed E-state index contributed by atoms with van der Waals surface area (Å²) in [6.45, 7) is 7.72. The van der Waals surface area contributed by atoms with Gasteiger partial charge in [-0.15, -0.1) is 0 Å². The molecule has 0 aliphatic carbocycles. The summed E-state index contributed by atoms with van der Waals surface area (Å²) in [5.74, 6) is 1.53. The van der Waals surface area contributed by atoms with Gasteiger partial charge in [0.2, 0.25) is 5.91 Å². The van der Waals surface area contributed by atoms with Crippen molar-refractivity contribution in [1.29, 1.82) is 0 Å². The maximum absolute atomic E-state index is 11.8. The average Bonchev–Trinajstić information content (AvgIpc) is 2.42. The Morgan fingerprint density at radius 2 is 1.79 bits per heavy atom. The van der Waals surface area contributed by atoms with E-state index in [9.17, 15) is 4.79 Å². The molecule has 0 saturated heterocycles. The maximum Gasteiger partial charge on any atom is 0.224 e.